The zero-order valence-corrected chi connectivity index (χ0v) is 14.1. The number of nitro benzene ring substituents is 1. The Balaban J connectivity index is 1.44. The van der Waals surface area contributed by atoms with E-state index < -0.39 is 4.92 Å². The Morgan fingerprint density at radius 1 is 1.21 bits per heavy atom. The van der Waals surface area contributed by atoms with Crippen molar-refractivity contribution in [3.8, 4) is 11.5 Å². The van der Waals surface area contributed by atoms with Gasteiger partial charge in [0.2, 0.25) is 6.79 Å². The molecule has 138 valence electrons. The van der Waals surface area contributed by atoms with Crippen LogP contribution in [0, 0.1) is 10.1 Å². The number of benzene rings is 2. The third kappa shape index (κ3) is 2.61. The predicted octanol–water partition coefficient (Wildman–Crippen LogP) is 2.59. The first-order chi connectivity index (χ1) is 13.7. The molecule has 0 bridgehead atoms. The molecule has 11 heteroatoms. The van der Waals surface area contributed by atoms with Gasteiger partial charge in [0.1, 0.15) is 5.52 Å². The van der Waals surface area contributed by atoms with E-state index in [2.05, 4.69) is 30.7 Å². The Morgan fingerprint density at radius 2 is 2.04 bits per heavy atom. The second-order valence-electron chi connectivity index (χ2n) is 5.89. The topological polar surface area (TPSA) is 140 Å². The Morgan fingerprint density at radius 3 is 2.89 bits per heavy atom. The zero-order valence-electron chi connectivity index (χ0n) is 14.1. The lowest BCUT2D eigenvalue weighted by atomic mass is 10.1. The number of anilines is 1. The van der Waals surface area contributed by atoms with Crippen molar-refractivity contribution in [2.45, 2.75) is 0 Å². The van der Waals surface area contributed by atoms with E-state index in [4.69, 9.17) is 9.47 Å². The molecule has 1 aliphatic heterocycles. The van der Waals surface area contributed by atoms with Crippen LogP contribution in [0.4, 0.5) is 11.6 Å². The summed E-state index contributed by atoms with van der Waals surface area (Å²) in [6, 6.07) is 10.5. The number of aromatic nitrogens is 4. The molecule has 1 aliphatic rings. The maximum Gasteiger partial charge on any atom is 0.282 e. The number of nitrogens with zero attached hydrogens (tertiary/aromatic N) is 5. The summed E-state index contributed by atoms with van der Waals surface area (Å²) in [7, 11) is 0. The van der Waals surface area contributed by atoms with E-state index >= 15 is 0 Å². The van der Waals surface area contributed by atoms with Gasteiger partial charge in [-0.05, 0) is 12.1 Å². The molecule has 0 unspecified atom stereocenters. The first kappa shape index (κ1) is 15.9. The number of H-pyrrole nitrogens is 1. The lowest BCUT2D eigenvalue weighted by Gasteiger charge is -2.01. The fourth-order valence-electron chi connectivity index (χ4n) is 2.94. The average molecular weight is 377 g/mol. The van der Waals surface area contributed by atoms with Crippen molar-refractivity contribution in [3.05, 3.63) is 52.1 Å². The van der Waals surface area contributed by atoms with Gasteiger partial charge in [-0.15, -0.1) is 10.2 Å². The van der Waals surface area contributed by atoms with Crippen LogP contribution in [0.25, 0.3) is 22.1 Å². The monoisotopic (exact) mass is 377 g/mol. The van der Waals surface area contributed by atoms with Gasteiger partial charge < -0.3 is 14.5 Å². The van der Waals surface area contributed by atoms with Crippen LogP contribution in [0.1, 0.15) is 5.56 Å². The largest absolute Gasteiger partial charge is 0.454 e. The van der Waals surface area contributed by atoms with E-state index in [0.717, 1.165) is 10.9 Å². The fraction of sp³-hybridized carbons (Fsp3) is 0.0588. The molecule has 0 radical (unpaired) electrons. The highest BCUT2D eigenvalue weighted by atomic mass is 16.7. The van der Waals surface area contributed by atoms with Crippen LogP contribution in [0.5, 0.6) is 11.5 Å². The first-order valence-corrected chi connectivity index (χ1v) is 8.17. The number of fused-ring (bicyclic) bond motifs is 4. The molecule has 3 heterocycles. The second-order valence-corrected chi connectivity index (χ2v) is 5.89. The van der Waals surface area contributed by atoms with E-state index in [1.807, 2.05) is 24.3 Å². The van der Waals surface area contributed by atoms with Crippen LogP contribution >= 0.6 is 0 Å². The summed E-state index contributed by atoms with van der Waals surface area (Å²) in [6.07, 6.45) is 1.29. The molecule has 0 atom stereocenters. The molecular formula is C17H11N7O4. The lowest BCUT2D eigenvalue weighted by Crippen LogP contribution is -2.00. The van der Waals surface area contributed by atoms with E-state index in [0.29, 0.717) is 22.7 Å². The summed E-state index contributed by atoms with van der Waals surface area (Å²) < 4.78 is 10.4. The quantitative estimate of drug-likeness (QED) is 0.314. The fourth-order valence-corrected chi connectivity index (χ4v) is 2.94. The molecule has 0 saturated carbocycles. The van der Waals surface area contributed by atoms with Gasteiger partial charge in [-0.25, -0.2) is 5.43 Å². The Labute approximate surface area is 156 Å². The van der Waals surface area contributed by atoms with Gasteiger partial charge in [0, 0.05) is 10.9 Å². The molecule has 0 amide bonds. The van der Waals surface area contributed by atoms with Crippen molar-refractivity contribution in [1.82, 2.24) is 20.2 Å². The number of hydrogen-bond donors (Lipinski definition) is 2. The van der Waals surface area contributed by atoms with Crippen molar-refractivity contribution in [3.63, 3.8) is 0 Å². The van der Waals surface area contributed by atoms with Crippen molar-refractivity contribution in [1.29, 1.82) is 0 Å². The molecule has 11 nitrogen and oxygen atoms in total. The van der Waals surface area contributed by atoms with Gasteiger partial charge >= 0.3 is 0 Å². The second kappa shape index (κ2) is 6.16. The summed E-state index contributed by atoms with van der Waals surface area (Å²) >= 11 is 0. The molecule has 0 spiro atoms. The highest BCUT2D eigenvalue weighted by Gasteiger charge is 2.22. The van der Waals surface area contributed by atoms with Crippen molar-refractivity contribution in [2.75, 3.05) is 12.2 Å². The lowest BCUT2D eigenvalue weighted by molar-refractivity contribution is -0.385. The van der Waals surface area contributed by atoms with E-state index in [9.17, 15) is 10.1 Å². The SMILES string of the molecule is O=[N+]([O-])c1cc2c(cc1/C=N/Nc1nnc3c(n1)[nH]c1ccccc13)OCO2. The van der Waals surface area contributed by atoms with E-state index in [1.54, 1.807) is 0 Å². The van der Waals surface area contributed by atoms with Crippen LogP contribution < -0.4 is 14.9 Å². The van der Waals surface area contributed by atoms with Gasteiger partial charge in [0.05, 0.1) is 22.8 Å². The van der Waals surface area contributed by atoms with Gasteiger partial charge in [0.25, 0.3) is 11.6 Å². The Bertz CT molecular complexity index is 1270. The molecular weight excluding hydrogens is 366 g/mol. The van der Waals surface area contributed by atoms with Crippen molar-refractivity contribution < 1.29 is 14.4 Å². The van der Waals surface area contributed by atoms with Crippen LogP contribution in [0.15, 0.2) is 41.5 Å². The standard InChI is InChI=1S/C17H11N7O4/c25-24(26)12-6-14-13(27-8-28-14)5-9(12)7-18-22-17-20-16-15(21-23-17)10-3-1-2-4-11(10)19-16/h1-7H,8H2,(H2,19,20,22,23)/b18-7+. The van der Waals surface area contributed by atoms with Crippen LogP contribution in [0.3, 0.4) is 0 Å². The van der Waals surface area contributed by atoms with Crippen LogP contribution in [0.2, 0.25) is 0 Å². The Hall–Kier alpha value is -4.28. The minimum absolute atomic E-state index is 0.0232. The molecule has 0 saturated heterocycles. The highest BCUT2D eigenvalue weighted by Crippen LogP contribution is 2.37. The number of hydrogen-bond acceptors (Lipinski definition) is 9. The average Bonchev–Trinajstić information content (AvgIpc) is 3.30. The van der Waals surface area contributed by atoms with Crippen LogP contribution in [-0.2, 0) is 0 Å². The normalized spacial score (nSPS) is 12.9. The third-order valence-corrected chi connectivity index (χ3v) is 4.21. The Kier molecular flexibility index (Phi) is 3.50. The summed E-state index contributed by atoms with van der Waals surface area (Å²) in [6.45, 7) is 0.0232. The molecule has 0 fully saturated rings. The maximum absolute atomic E-state index is 11.3. The maximum atomic E-state index is 11.3. The molecule has 2 N–H and O–H groups in total. The van der Waals surface area contributed by atoms with E-state index in [-0.39, 0.29) is 24.0 Å². The zero-order chi connectivity index (χ0) is 19.1. The minimum atomic E-state index is -0.516. The highest BCUT2D eigenvalue weighted by molar-refractivity contribution is 6.03. The number of ether oxygens (including phenoxy) is 2. The molecule has 28 heavy (non-hydrogen) atoms. The molecule has 0 aliphatic carbocycles. The third-order valence-electron chi connectivity index (χ3n) is 4.21. The van der Waals surface area contributed by atoms with Gasteiger partial charge in [-0.1, -0.05) is 18.2 Å². The first-order valence-electron chi connectivity index (χ1n) is 8.17. The number of nitrogens with one attached hydrogen (secondary N) is 2. The molecule has 2 aromatic heterocycles. The molecule has 2 aromatic carbocycles. The number of nitro groups is 1. The number of para-hydroxylation sites is 1. The molecule has 5 rings (SSSR count). The summed E-state index contributed by atoms with van der Waals surface area (Å²) in [5, 5.41) is 24.3. The van der Waals surface area contributed by atoms with Gasteiger partial charge in [0.15, 0.2) is 17.1 Å². The number of hydrazone groups is 1. The smallest absolute Gasteiger partial charge is 0.282 e. The number of aromatic amines is 1. The summed E-state index contributed by atoms with van der Waals surface area (Å²) in [5.74, 6) is 0.900. The predicted molar refractivity (Wildman–Crippen MR) is 99.6 cm³/mol. The summed E-state index contributed by atoms with van der Waals surface area (Å²) in [4.78, 5) is 18.2. The number of rotatable bonds is 4. The van der Waals surface area contributed by atoms with Gasteiger partial charge in [-0.3, -0.25) is 10.1 Å². The minimum Gasteiger partial charge on any atom is -0.454 e. The van der Waals surface area contributed by atoms with Crippen molar-refractivity contribution in [2.24, 2.45) is 5.10 Å². The van der Waals surface area contributed by atoms with Crippen molar-refractivity contribution >= 4 is 39.9 Å². The summed E-state index contributed by atoms with van der Waals surface area (Å²) in [5.41, 5.74) is 4.84. The van der Waals surface area contributed by atoms with Crippen LogP contribution in [-0.4, -0.2) is 38.1 Å². The van der Waals surface area contributed by atoms with Gasteiger partial charge in [-0.2, -0.15) is 10.1 Å². The molecule has 4 aromatic rings. The van der Waals surface area contributed by atoms with E-state index in [1.165, 1.54) is 18.3 Å².